The van der Waals surface area contributed by atoms with Crippen LogP contribution in [-0.4, -0.2) is 30.0 Å². The van der Waals surface area contributed by atoms with Crippen LogP contribution in [0.15, 0.2) is 60.7 Å². The molecule has 8 heteroatoms. The van der Waals surface area contributed by atoms with Crippen LogP contribution in [0.5, 0.6) is 11.5 Å². The van der Waals surface area contributed by atoms with E-state index in [1.165, 1.54) is 0 Å². The molecule has 0 aromatic heterocycles. The second kappa shape index (κ2) is 12.6. The topological polar surface area (TPSA) is 138 Å². The Morgan fingerprint density at radius 1 is 0.762 bits per heavy atom. The van der Waals surface area contributed by atoms with Gasteiger partial charge in [0.15, 0.2) is 0 Å². The van der Waals surface area contributed by atoms with Crippen molar-refractivity contribution in [3.05, 3.63) is 60.7 Å². The smallest absolute Gasteiger partial charge is 0.330 e. The molecule has 7 nitrogen and oxygen atoms in total. The van der Waals surface area contributed by atoms with Gasteiger partial charge in [0.1, 0.15) is 18.3 Å². The molecule has 0 radical (unpaired) electrons. The molecule has 21 heavy (non-hydrogen) atoms. The van der Waals surface area contributed by atoms with Crippen LogP contribution in [-0.2, 0) is 15.1 Å². The molecular weight excluding hydrogens is 298 g/mol. The fourth-order valence-corrected chi connectivity index (χ4v) is 0.856. The van der Waals surface area contributed by atoms with Crippen LogP contribution in [0.25, 0.3) is 0 Å². The maximum Gasteiger partial charge on any atom is 0.330 e. The molecule has 0 bridgehead atoms. The molecule has 0 aliphatic heterocycles. The van der Waals surface area contributed by atoms with Gasteiger partial charge in [-0.15, -0.1) is 0 Å². The second-order valence-electron chi connectivity index (χ2n) is 3.19. The lowest BCUT2D eigenvalue weighted by molar-refractivity contribution is -0.0980. The third kappa shape index (κ3) is 23.1. The Morgan fingerprint density at radius 3 is 1.05 bits per heavy atom. The summed E-state index contributed by atoms with van der Waals surface area (Å²) in [6.07, 6.45) is 0. The summed E-state index contributed by atoms with van der Waals surface area (Å²) >= 11 is 0. The van der Waals surface area contributed by atoms with Crippen molar-refractivity contribution >= 4 is 17.1 Å². The average molecular weight is 315 g/mol. The summed E-state index contributed by atoms with van der Waals surface area (Å²) in [5, 5.41) is 21.1. The van der Waals surface area contributed by atoms with Crippen LogP contribution in [0.1, 0.15) is 0 Å². The molecule has 0 saturated carbocycles. The first kappa shape index (κ1) is 20.9. The highest BCUT2D eigenvalue weighted by atomic mass is 32.2. The van der Waals surface area contributed by atoms with Crippen LogP contribution < -0.4 is 5.14 Å². The highest BCUT2D eigenvalue weighted by Crippen LogP contribution is 2.03. The number of hydrogen-bond donors (Lipinski definition) is 4. The largest absolute Gasteiger partial charge is 0.508 e. The maximum absolute atomic E-state index is 8.97. The molecule has 0 heterocycles. The van der Waals surface area contributed by atoms with Gasteiger partial charge in [0.2, 0.25) is 0 Å². The van der Waals surface area contributed by atoms with Crippen molar-refractivity contribution in [2.24, 2.45) is 5.14 Å². The van der Waals surface area contributed by atoms with E-state index >= 15 is 0 Å². The van der Waals surface area contributed by atoms with Crippen LogP contribution in [0.2, 0.25) is 0 Å². The summed E-state index contributed by atoms with van der Waals surface area (Å²) in [5.74, 6) is 0.644. The predicted molar refractivity (Wildman–Crippen MR) is 79.1 cm³/mol. The molecule has 0 amide bonds. The number of carbonyl (C=O) groups is 1. The lowest BCUT2D eigenvalue weighted by atomic mass is 10.3. The van der Waals surface area contributed by atoms with Gasteiger partial charge in [-0.1, -0.05) is 36.4 Å². The molecule has 5 N–H and O–H groups in total. The van der Waals surface area contributed by atoms with Crippen LogP contribution in [0, 0.1) is 0 Å². The fourth-order valence-electron chi connectivity index (χ4n) is 0.856. The SMILES string of the molecule is C=O.NS(=O)(=O)O.Oc1ccccc1.Oc1ccccc1. The zero-order valence-corrected chi connectivity index (χ0v) is 11.8. The quantitative estimate of drug-likeness (QED) is 0.541. The van der Waals surface area contributed by atoms with E-state index in [4.69, 9.17) is 28.0 Å². The predicted octanol–water partition coefficient (Wildman–Crippen LogP) is 1.35. The van der Waals surface area contributed by atoms with Crippen molar-refractivity contribution in [1.29, 1.82) is 0 Å². The average Bonchev–Trinajstić information content (AvgIpc) is 2.42. The molecule has 0 atom stereocenters. The molecular formula is C13H17NO6S. The normalized spacial score (nSPS) is 8.67. The van der Waals surface area contributed by atoms with Gasteiger partial charge in [0.05, 0.1) is 0 Å². The second-order valence-corrected chi connectivity index (χ2v) is 4.22. The first-order valence-electron chi connectivity index (χ1n) is 5.31. The Kier molecular flexibility index (Phi) is 12.5. The number of carbonyl (C=O) groups excluding carboxylic acids is 1. The Balaban J connectivity index is 0. The van der Waals surface area contributed by atoms with Gasteiger partial charge in [-0.05, 0) is 24.3 Å². The van der Waals surface area contributed by atoms with E-state index in [9.17, 15) is 0 Å². The van der Waals surface area contributed by atoms with Crippen LogP contribution in [0.4, 0.5) is 0 Å². The zero-order chi connectivity index (χ0) is 16.7. The van der Waals surface area contributed by atoms with Crippen molar-refractivity contribution in [1.82, 2.24) is 0 Å². The summed E-state index contributed by atoms with van der Waals surface area (Å²) in [5.41, 5.74) is 0. The van der Waals surface area contributed by atoms with Gasteiger partial charge in [-0.2, -0.15) is 8.42 Å². The van der Waals surface area contributed by atoms with Gasteiger partial charge in [-0.3, -0.25) is 4.55 Å². The van der Waals surface area contributed by atoms with Crippen LogP contribution in [0.3, 0.4) is 0 Å². The Hall–Kier alpha value is -2.42. The minimum atomic E-state index is -4.17. The van der Waals surface area contributed by atoms with E-state index in [1.807, 2.05) is 18.9 Å². The first-order valence-corrected chi connectivity index (χ1v) is 6.81. The number of hydrogen-bond acceptors (Lipinski definition) is 5. The highest BCUT2D eigenvalue weighted by molar-refractivity contribution is 7.83. The minimum Gasteiger partial charge on any atom is -0.508 e. The van der Waals surface area contributed by atoms with Crippen molar-refractivity contribution in [2.45, 2.75) is 0 Å². The summed E-state index contributed by atoms with van der Waals surface area (Å²) in [6.45, 7) is 2.00. The molecule has 0 aliphatic carbocycles. The van der Waals surface area contributed by atoms with E-state index in [1.54, 1.807) is 48.5 Å². The lowest BCUT2D eigenvalue weighted by Crippen LogP contribution is -2.08. The number of nitrogens with two attached hydrogens (primary N) is 1. The number of rotatable bonds is 0. The van der Waals surface area contributed by atoms with E-state index in [0.717, 1.165) is 0 Å². The molecule has 0 spiro atoms. The number of para-hydroxylation sites is 2. The third-order valence-electron chi connectivity index (χ3n) is 1.51. The molecule has 0 fully saturated rings. The molecule has 116 valence electrons. The Bertz CT molecular complexity index is 514. The molecule has 0 unspecified atom stereocenters. The summed E-state index contributed by atoms with van der Waals surface area (Å²) in [7, 11) is -4.17. The molecule has 2 aromatic carbocycles. The van der Waals surface area contributed by atoms with Gasteiger partial charge >= 0.3 is 10.3 Å². The lowest BCUT2D eigenvalue weighted by Gasteiger charge is -1.82. The molecule has 2 rings (SSSR count). The first-order chi connectivity index (χ1) is 9.79. The Labute approximate surface area is 123 Å². The monoisotopic (exact) mass is 315 g/mol. The summed E-state index contributed by atoms with van der Waals surface area (Å²) in [4.78, 5) is 8.00. The van der Waals surface area contributed by atoms with Gasteiger partial charge in [-0.25, -0.2) is 5.14 Å². The third-order valence-corrected chi connectivity index (χ3v) is 1.51. The van der Waals surface area contributed by atoms with Gasteiger partial charge in [0.25, 0.3) is 0 Å². The van der Waals surface area contributed by atoms with E-state index < -0.39 is 10.3 Å². The van der Waals surface area contributed by atoms with Crippen molar-refractivity contribution in [3.8, 4) is 11.5 Å². The number of aromatic hydroxyl groups is 2. The number of phenols is 2. The molecule has 0 saturated heterocycles. The highest BCUT2D eigenvalue weighted by Gasteiger charge is 1.81. The van der Waals surface area contributed by atoms with E-state index in [2.05, 4.69) is 5.14 Å². The number of benzene rings is 2. The van der Waals surface area contributed by atoms with Crippen LogP contribution >= 0.6 is 0 Å². The minimum absolute atomic E-state index is 0.322. The molecule has 2 aromatic rings. The fraction of sp³-hybridized carbons (Fsp3) is 0. The van der Waals surface area contributed by atoms with E-state index in [0.29, 0.717) is 11.5 Å². The zero-order valence-electron chi connectivity index (χ0n) is 11.0. The molecule has 0 aliphatic rings. The maximum atomic E-state index is 8.97. The standard InChI is InChI=1S/2C6H6O.CH2O.H3NO3S/c2*7-6-4-2-1-3-5-6;1-2;1-5(2,3)4/h2*1-5,7H;1H2;(H3,1,2,3,4). The summed E-state index contributed by atoms with van der Waals surface area (Å²) in [6, 6.07) is 17.4. The van der Waals surface area contributed by atoms with Crippen molar-refractivity contribution in [3.63, 3.8) is 0 Å². The van der Waals surface area contributed by atoms with Gasteiger partial charge in [0, 0.05) is 0 Å². The van der Waals surface area contributed by atoms with Crippen molar-refractivity contribution < 1.29 is 28.0 Å². The Morgan fingerprint density at radius 2 is 0.952 bits per heavy atom. The van der Waals surface area contributed by atoms with E-state index in [-0.39, 0.29) is 0 Å². The number of phenolic OH excluding ortho intramolecular Hbond substituents is 2. The van der Waals surface area contributed by atoms with Gasteiger partial charge < -0.3 is 15.0 Å². The summed E-state index contributed by atoms with van der Waals surface area (Å²) < 4.78 is 25.2. The van der Waals surface area contributed by atoms with Crippen molar-refractivity contribution in [2.75, 3.05) is 0 Å².